The first kappa shape index (κ1) is 15.1. The van der Waals surface area contributed by atoms with Gasteiger partial charge in [-0.1, -0.05) is 34.7 Å². The number of halogens is 1. The maximum absolute atomic E-state index is 11.9. The highest BCUT2D eigenvalue weighted by molar-refractivity contribution is 8.01. The van der Waals surface area contributed by atoms with Gasteiger partial charge in [-0.05, 0) is 36.4 Å². The van der Waals surface area contributed by atoms with Gasteiger partial charge in [0, 0.05) is 23.1 Å². The third-order valence-electron chi connectivity index (χ3n) is 2.68. The van der Waals surface area contributed by atoms with Crippen molar-refractivity contribution in [1.82, 2.24) is 14.8 Å². The number of carbonyl (C=O) groups excluding carboxylic acids is 1. The molecule has 0 saturated heterocycles. The Morgan fingerprint density at radius 2 is 1.95 bits per heavy atom. The van der Waals surface area contributed by atoms with Crippen LogP contribution in [0.15, 0.2) is 53.1 Å². The standard InChI is InChI=1S/C14H11ClN4OS2/c15-10-3-5-11(6-4-10)16-12(20)9-21-14-18-17-13(22-14)19-7-1-2-8-19/h1-8H,9H2,(H,16,20). The Balaban J connectivity index is 1.54. The van der Waals surface area contributed by atoms with Gasteiger partial charge in [-0.2, -0.15) is 0 Å². The van der Waals surface area contributed by atoms with Gasteiger partial charge < -0.3 is 5.32 Å². The Morgan fingerprint density at radius 1 is 1.23 bits per heavy atom. The molecule has 8 heteroatoms. The van der Waals surface area contributed by atoms with Gasteiger partial charge in [0.15, 0.2) is 4.34 Å². The van der Waals surface area contributed by atoms with Crippen LogP contribution in [0.2, 0.25) is 5.02 Å². The minimum atomic E-state index is -0.0926. The molecule has 2 aromatic heterocycles. The molecular formula is C14H11ClN4OS2. The molecule has 3 rings (SSSR count). The molecular weight excluding hydrogens is 340 g/mol. The van der Waals surface area contributed by atoms with E-state index in [0.717, 1.165) is 15.2 Å². The summed E-state index contributed by atoms with van der Waals surface area (Å²) in [4.78, 5) is 11.9. The summed E-state index contributed by atoms with van der Waals surface area (Å²) in [5.74, 6) is 0.188. The Bertz CT molecular complexity index is 756. The molecule has 0 fully saturated rings. The van der Waals surface area contributed by atoms with E-state index in [1.165, 1.54) is 23.1 Å². The Labute approximate surface area is 140 Å². The molecule has 0 spiro atoms. The molecule has 0 atom stereocenters. The fourth-order valence-electron chi connectivity index (χ4n) is 1.68. The number of benzene rings is 1. The van der Waals surface area contributed by atoms with Gasteiger partial charge in [0.2, 0.25) is 11.0 Å². The summed E-state index contributed by atoms with van der Waals surface area (Å²) in [7, 11) is 0. The van der Waals surface area contributed by atoms with Crippen molar-refractivity contribution < 1.29 is 4.79 Å². The van der Waals surface area contributed by atoms with E-state index in [4.69, 9.17) is 11.6 Å². The molecule has 1 amide bonds. The molecule has 0 aliphatic heterocycles. The number of anilines is 1. The molecule has 1 aromatic carbocycles. The lowest BCUT2D eigenvalue weighted by molar-refractivity contribution is -0.113. The van der Waals surface area contributed by atoms with Gasteiger partial charge in [-0.15, -0.1) is 10.2 Å². The largest absolute Gasteiger partial charge is 0.325 e. The van der Waals surface area contributed by atoms with Gasteiger partial charge in [-0.25, -0.2) is 0 Å². The van der Waals surface area contributed by atoms with E-state index >= 15 is 0 Å². The van der Waals surface area contributed by atoms with Crippen molar-refractivity contribution in [2.75, 3.05) is 11.1 Å². The van der Waals surface area contributed by atoms with Gasteiger partial charge in [0.05, 0.1) is 5.75 Å². The molecule has 0 aliphatic rings. The molecule has 0 radical (unpaired) electrons. The molecule has 0 unspecified atom stereocenters. The van der Waals surface area contributed by atoms with Crippen LogP contribution in [0.1, 0.15) is 0 Å². The van der Waals surface area contributed by atoms with Crippen molar-refractivity contribution in [2.24, 2.45) is 0 Å². The van der Waals surface area contributed by atoms with Crippen molar-refractivity contribution in [3.8, 4) is 5.13 Å². The van der Waals surface area contributed by atoms with E-state index in [0.29, 0.717) is 5.02 Å². The Kier molecular flexibility index (Phi) is 4.77. The first-order chi connectivity index (χ1) is 10.7. The quantitative estimate of drug-likeness (QED) is 0.712. The number of nitrogens with one attached hydrogen (secondary N) is 1. The number of hydrogen-bond donors (Lipinski definition) is 1. The first-order valence-electron chi connectivity index (χ1n) is 6.36. The van der Waals surface area contributed by atoms with Crippen LogP contribution in [0.4, 0.5) is 5.69 Å². The third kappa shape index (κ3) is 3.88. The number of aromatic nitrogens is 3. The van der Waals surface area contributed by atoms with E-state index in [2.05, 4.69) is 15.5 Å². The lowest BCUT2D eigenvalue weighted by atomic mass is 10.3. The van der Waals surface area contributed by atoms with Crippen LogP contribution in [0.25, 0.3) is 5.13 Å². The molecule has 112 valence electrons. The maximum Gasteiger partial charge on any atom is 0.234 e. The minimum absolute atomic E-state index is 0.0926. The van der Waals surface area contributed by atoms with Crippen LogP contribution in [0.3, 0.4) is 0 Å². The summed E-state index contributed by atoms with van der Waals surface area (Å²) >= 11 is 8.61. The molecule has 0 bridgehead atoms. The number of rotatable bonds is 5. The minimum Gasteiger partial charge on any atom is -0.325 e. The highest BCUT2D eigenvalue weighted by Crippen LogP contribution is 2.24. The first-order valence-corrected chi connectivity index (χ1v) is 8.54. The summed E-state index contributed by atoms with van der Waals surface area (Å²) in [5, 5.41) is 12.4. The van der Waals surface area contributed by atoms with E-state index in [1.54, 1.807) is 24.3 Å². The van der Waals surface area contributed by atoms with Gasteiger partial charge in [0.25, 0.3) is 0 Å². The summed E-state index contributed by atoms with van der Waals surface area (Å²) in [6.07, 6.45) is 3.81. The summed E-state index contributed by atoms with van der Waals surface area (Å²) < 4.78 is 2.64. The Morgan fingerprint density at radius 3 is 2.68 bits per heavy atom. The van der Waals surface area contributed by atoms with Crippen molar-refractivity contribution in [2.45, 2.75) is 4.34 Å². The average molecular weight is 351 g/mol. The van der Waals surface area contributed by atoms with Crippen LogP contribution < -0.4 is 5.32 Å². The van der Waals surface area contributed by atoms with Crippen molar-refractivity contribution >= 4 is 46.3 Å². The van der Waals surface area contributed by atoms with Crippen LogP contribution in [-0.2, 0) is 4.79 Å². The highest BCUT2D eigenvalue weighted by atomic mass is 35.5. The summed E-state index contributed by atoms with van der Waals surface area (Å²) in [6, 6.07) is 10.8. The lowest BCUT2D eigenvalue weighted by Gasteiger charge is -2.03. The summed E-state index contributed by atoms with van der Waals surface area (Å²) in [6.45, 7) is 0. The van der Waals surface area contributed by atoms with Crippen molar-refractivity contribution in [1.29, 1.82) is 0 Å². The number of carbonyl (C=O) groups is 1. The molecule has 3 aromatic rings. The van der Waals surface area contributed by atoms with Crippen LogP contribution in [0, 0.1) is 0 Å². The van der Waals surface area contributed by atoms with E-state index < -0.39 is 0 Å². The molecule has 5 nitrogen and oxygen atoms in total. The van der Waals surface area contributed by atoms with E-state index in [1.807, 2.05) is 29.1 Å². The monoisotopic (exact) mass is 350 g/mol. The number of hydrogen-bond acceptors (Lipinski definition) is 5. The highest BCUT2D eigenvalue weighted by Gasteiger charge is 2.09. The van der Waals surface area contributed by atoms with Crippen molar-refractivity contribution in [3.05, 3.63) is 53.8 Å². The smallest absolute Gasteiger partial charge is 0.234 e. The maximum atomic E-state index is 11.9. The second kappa shape index (κ2) is 6.95. The zero-order valence-corrected chi connectivity index (χ0v) is 13.7. The molecule has 0 saturated carbocycles. The number of nitrogens with zero attached hydrogens (tertiary/aromatic N) is 3. The fraction of sp³-hybridized carbons (Fsp3) is 0.0714. The van der Waals surface area contributed by atoms with Gasteiger partial charge >= 0.3 is 0 Å². The fourth-order valence-corrected chi connectivity index (χ4v) is 3.42. The average Bonchev–Trinajstić information content (AvgIpc) is 3.18. The third-order valence-corrected chi connectivity index (χ3v) is 5.00. The zero-order valence-electron chi connectivity index (χ0n) is 11.3. The van der Waals surface area contributed by atoms with E-state index in [-0.39, 0.29) is 11.7 Å². The van der Waals surface area contributed by atoms with Gasteiger partial charge in [0.1, 0.15) is 0 Å². The second-order valence-corrected chi connectivity index (χ2v) is 6.90. The molecule has 2 heterocycles. The molecule has 0 aliphatic carbocycles. The SMILES string of the molecule is O=C(CSc1nnc(-n2cccc2)s1)Nc1ccc(Cl)cc1. The lowest BCUT2D eigenvalue weighted by Crippen LogP contribution is -2.13. The van der Waals surface area contributed by atoms with Gasteiger partial charge in [-0.3, -0.25) is 9.36 Å². The van der Waals surface area contributed by atoms with E-state index in [9.17, 15) is 4.79 Å². The molecule has 1 N–H and O–H groups in total. The van der Waals surface area contributed by atoms with Crippen molar-refractivity contribution in [3.63, 3.8) is 0 Å². The predicted octanol–water partition coefficient (Wildman–Crippen LogP) is 3.71. The second-order valence-electron chi connectivity index (χ2n) is 4.28. The number of amides is 1. The zero-order chi connectivity index (χ0) is 15.4. The number of thioether (sulfide) groups is 1. The normalized spacial score (nSPS) is 10.6. The Hall–Kier alpha value is -1.83. The van der Waals surface area contributed by atoms with Crippen LogP contribution >= 0.6 is 34.7 Å². The summed E-state index contributed by atoms with van der Waals surface area (Å²) in [5.41, 5.74) is 0.722. The topological polar surface area (TPSA) is 59.8 Å². The predicted molar refractivity (Wildman–Crippen MR) is 90.0 cm³/mol. The van der Waals surface area contributed by atoms with Crippen LogP contribution in [0.5, 0.6) is 0 Å². The molecule has 22 heavy (non-hydrogen) atoms. The van der Waals surface area contributed by atoms with Crippen LogP contribution in [-0.4, -0.2) is 26.4 Å².